The maximum absolute atomic E-state index is 8.76. The number of hydrogen-bond acceptors (Lipinski definition) is 2. The zero-order chi connectivity index (χ0) is 15.2. The summed E-state index contributed by atoms with van der Waals surface area (Å²) >= 11 is 0. The van der Waals surface area contributed by atoms with E-state index in [2.05, 4.69) is 25.1 Å². The Kier molecular flexibility index (Phi) is 10.9. The molecule has 120 valence electrons. The van der Waals surface area contributed by atoms with E-state index in [9.17, 15) is 0 Å². The molecule has 0 saturated carbocycles. The standard InChI is InChI=1S/C19H32O2/c1-2-3-4-5-6-8-13-18-14-9-10-15-19(18)21-17-12-7-11-16-20/h9-10,14-15,20H,2-8,11-13,16-17H2,1H3. The molecule has 0 aromatic heterocycles. The number of ether oxygens (including phenoxy) is 1. The molecule has 0 atom stereocenters. The van der Waals surface area contributed by atoms with Crippen molar-refractivity contribution < 1.29 is 9.84 Å². The first-order valence-corrected chi connectivity index (χ1v) is 8.70. The van der Waals surface area contributed by atoms with Gasteiger partial charge in [-0.25, -0.2) is 0 Å². The molecule has 1 aromatic rings. The average molecular weight is 292 g/mol. The number of aliphatic hydroxyl groups excluding tert-OH is 1. The van der Waals surface area contributed by atoms with Gasteiger partial charge in [0.05, 0.1) is 6.61 Å². The van der Waals surface area contributed by atoms with Crippen LogP contribution in [0.4, 0.5) is 0 Å². The summed E-state index contributed by atoms with van der Waals surface area (Å²) in [5, 5.41) is 8.76. The predicted molar refractivity (Wildman–Crippen MR) is 90.0 cm³/mol. The van der Waals surface area contributed by atoms with E-state index in [1.807, 2.05) is 6.07 Å². The molecule has 0 unspecified atom stereocenters. The van der Waals surface area contributed by atoms with Crippen molar-refractivity contribution in [3.05, 3.63) is 29.8 Å². The second-order valence-electron chi connectivity index (χ2n) is 5.76. The Morgan fingerprint density at radius 3 is 2.38 bits per heavy atom. The molecular weight excluding hydrogens is 260 g/mol. The summed E-state index contributed by atoms with van der Waals surface area (Å²) in [6.45, 7) is 3.30. The van der Waals surface area contributed by atoms with E-state index in [1.165, 1.54) is 44.1 Å². The molecule has 0 aliphatic rings. The second-order valence-corrected chi connectivity index (χ2v) is 5.76. The zero-order valence-corrected chi connectivity index (χ0v) is 13.7. The molecule has 2 heteroatoms. The fraction of sp³-hybridized carbons (Fsp3) is 0.684. The van der Waals surface area contributed by atoms with E-state index >= 15 is 0 Å². The van der Waals surface area contributed by atoms with Crippen LogP contribution in [0.15, 0.2) is 24.3 Å². The number of benzene rings is 1. The third kappa shape index (κ3) is 8.77. The van der Waals surface area contributed by atoms with Crippen molar-refractivity contribution in [1.82, 2.24) is 0 Å². The summed E-state index contributed by atoms with van der Waals surface area (Å²) in [7, 11) is 0. The highest BCUT2D eigenvalue weighted by Gasteiger charge is 2.02. The number of aliphatic hydroxyl groups is 1. The molecule has 0 spiro atoms. The van der Waals surface area contributed by atoms with Gasteiger partial charge in [-0.05, 0) is 43.7 Å². The van der Waals surface area contributed by atoms with Gasteiger partial charge in [-0.15, -0.1) is 0 Å². The number of para-hydroxylation sites is 1. The van der Waals surface area contributed by atoms with E-state index < -0.39 is 0 Å². The number of unbranched alkanes of at least 4 members (excludes halogenated alkanes) is 7. The van der Waals surface area contributed by atoms with Crippen LogP contribution in [0.5, 0.6) is 5.75 Å². The summed E-state index contributed by atoms with van der Waals surface area (Å²) in [4.78, 5) is 0. The monoisotopic (exact) mass is 292 g/mol. The van der Waals surface area contributed by atoms with E-state index in [0.717, 1.165) is 38.0 Å². The Morgan fingerprint density at radius 2 is 1.57 bits per heavy atom. The summed E-state index contributed by atoms with van der Waals surface area (Å²) in [6.07, 6.45) is 12.1. The van der Waals surface area contributed by atoms with E-state index in [0.29, 0.717) is 0 Å². The SMILES string of the molecule is CCCCCCCCc1ccccc1OCCCCCO. The molecule has 0 radical (unpaired) electrons. The first-order valence-electron chi connectivity index (χ1n) is 8.70. The highest BCUT2D eigenvalue weighted by atomic mass is 16.5. The lowest BCUT2D eigenvalue weighted by Gasteiger charge is -2.11. The summed E-state index contributed by atoms with van der Waals surface area (Å²) < 4.78 is 5.90. The summed E-state index contributed by atoms with van der Waals surface area (Å²) in [6, 6.07) is 8.42. The zero-order valence-electron chi connectivity index (χ0n) is 13.7. The molecule has 0 bridgehead atoms. The maximum atomic E-state index is 8.76. The molecule has 0 amide bonds. The predicted octanol–water partition coefficient (Wildman–Crippen LogP) is 5.13. The second kappa shape index (κ2) is 12.7. The molecule has 1 aromatic carbocycles. The van der Waals surface area contributed by atoms with Crippen molar-refractivity contribution in [2.75, 3.05) is 13.2 Å². The lowest BCUT2D eigenvalue weighted by atomic mass is 10.0. The van der Waals surface area contributed by atoms with Gasteiger partial charge in [-0.1, -0.05) is 57.2 Å². The number of hydrogen-bond donors (Lipinski definition) is 1. The quantitative estimate of drug-likeness (QED) is 0.511. The largest absolute Gasteiger partial charge is 0.493 e. The molecule has 0 fully saturated rings. The molecule has 0 aliphatic carbocycles. The van der Waals surface area contributed by atoms with Crippen LogP contribution in [0.2, 0.25) is 0 Å². The molecule has 1 rings (SSSR count). The third-order valence-corrected chi connectivity index (χ3v) is 3.83. The summed E-state index contributed by atoms with van der Waals surface area (Å²) in [5.41, 5.74) is 1.34. The third-order valence-electron chi connectivity index (χ3n) is 3.83. The van der Waals surface area contributed by atoms with Crippen molar-refractivity contribution in [2.24, 2.45) is 0 Å². The molecule has 2 nitrogen and oxygen atoms in total. The molecule has 21 heavy (non-hydrogen) atoms. The lowest BCUT2D eigenvalue weighted by molar-refractivity contribution is 0.265. The van der Waals surface area contributed by atoms with Gasteiger partial charge in [0.25, 0.3) is 0 Å². The average Bonchev–Trinajstić information content (AvgIpc) is 2.52. The van der Waals surface area contributed by atoms with Crippen LogP contribution in [0, 0.1) is 0 Å². The van der Waals surface area contributed by atoms with Gasteiger partial charge in [0, 0.05) is 6.61 Å². The van der Waals surface area contributed by atoms with Gasteiger partial charge in [-0.2, -0.15) is 0 Å². The Labute approximate surface area is 130 Å². The highest BCUT2D eigenvalue weighted by Crippen LogP contribution is 2.21. The smallest absolute Gasteiger partial charge is 0.122 e. The van der Waals surface area contributed by atoms with Crippen LogP contribution in [-0.2, 0) is 6.42 Å². The van der Waals surface area contributed by atoms with Gasteiger partial charge < -0.3 is 9.84 Å². The van der Waals surface area contributed by atoms with Crippen molar-refractivity contribution in [2.45, 2.75) is 71.1 Å². The van der Waals surface area contributed by atoms with E-state index in [-0.39, 0.29) is 6.61 Å². The Bertz CT molecular complexity index is 349. The number of aryl methyl sites for hydroxylation is 1. The van der Waals surface area contributed by atoms with Crippen LogP contribution in [0.25, 0.3) is 0 Å². The van der Waals surface area contributed by atoms with Crippen LogP contribution >= 0.6 is 0 Å². The van der Waals surface area contributed by atoms with Gasteiger partial charge in [-0.3, -0.25) is 0 Å². The molecule has 0 aliphatic heterocycles. The number of rotatable bonds is 13. The van der Waals surface area contributed by atoms with Crippen molar-refractivity contribution in [3.63, 3.8) is 0 Å². The van der Waals surface area contributed by atoms with Gasteiger partial charge in [0.15, 0.2) is 0 Å². The minimum Gasteiger partial charge on any atom is -0.493 e. The Morgan fingerprint density at radius 1 is 0.857 bits per heavy atom. The van der Waals surface area contributed by atoms with Crippen LogP contribution in [0.3, 0.4) is 0 Å². The Hall–Kier alpha value is -1.02. The fourth-order valence-corrected chi connectivity index (χ4v) is 2.52. The van der Waals surface area contributed by atoms with Crippen molar-refractivity contribution in [1.29, 1.82) is 0 Å². The van der Waals surface area contributed by atoms with Crippen LogP contribution in [-0.4, -0.2) is 18.3 Å². The van der Waals surface area contributed by atoms with Crippen molar-refractivity contribution >= 4 is 0 Å². The molecular formula is C19H32O2. The fourth-order valence-electron chi connectivity index (χ4n) is 2.52. The normalized spacial score (nSPS) is 10.8. The first kappa shape index (κ1) is 18.0. The van der Waals surface area contributed by atoms with Gasteiger partial charge in [0.2, 0.25) is 0 Å². The van der Waals surface area contributed by atoms with Crippen LogP contribution in [0.1, 0.15) is 70.3 Å². The Balaban J connectivity index is 2.23. The van der Waals surface area contributed by atoms with Crippen LogP contribution < -0.4 is 4.74 Å². The molecule has 0 heterocycles. The van der Waals surface area contributed by atoms with Gasteiger partial charge >= 0.3 is 0 Å². The topological polar surface area (TPSA) is 29.5 Å². The minimum absolute atomic E-state index is 0.286. The van der Waals surface area contributed by atoms with Gasteiger partial charge in [0.1, 0.15) is 5.75 Å². The molecule has 0 saturated heterocycles. The lowest BCUT2D eigenvalue weighted by Crippen LogP contribution is -2.01. The molecule has 1 N–H and O–H groups in total. The van der Waals surface area contributed by atoms with E-state index in [4.69, 9.17) is 9.84 Å². The maximum Gasteiger partial charge on any atom is 0.122 e. The van der Waals surface area contributed by atoms with Crippen molar-refractivity contribution in [3.8, 4) is 5.75 Å². The first-order chi connectivity index (χ1) is 10.4. The highest BCUT2D eigenvalue weighted by molar-refractivity contribution is 5.33. The minimum atomic E-state index is 0.286. The van der Waals surface area contributed by atoms with E-state index in [1.54, 1.807) is 0 Å². The summed E-state index contributed by atoms with van der Waals surface area (Å²) in [5.74, 6) is 1.05.